The van der Waals surface area contributed by atoms with Crippen LogP contribution in [0, 0.1) is 5.41 Å². The largest absolute Gasteiger partial charge is 0.490 e. The van der Waals surface area contributed by atoms with Gasteiger partial charge in [-0.05, 0) is 63.9 Å². The van der Waals surface area contributed by atoms with E-state index in [9.17, 15) is 31.5 Å². The van der Waals surface area contributed by atoms with Crippen molar-refractivity contribution < 1.29 is 36.2 Å². The van der Waals surface area contributed by atoms with Crippen molar-refractivity contribution in [2.45, 2.75) is 50.8 Å². The van der Waals surface area contributed by atoms with Crippen molar-refractivity contribution in [1.29, 1.82) is 0 Å². The number of benzene rings is 1. The van der Waals surface area contributed by atoms with Crippen molar-refractivity contribution in [3.63, 3.8) is 0 Å². The van der Waals surface area contributed by atoms with E-state index in [2.05, 4.69) is 14.7 Å². The van der Waals surface area contributed by atoms with Crippen LogP contribution in [-0.4, -0.2) is 48.7 Å². The molecule has 0 atom stereocenters. The number of piperidine rings is 1. The SMILES string of the molecule is CC(C)Oc1ccc(Cl)cc1-c1cc(NS(=O)(=O)c2ccnc(N3CCC(C)(C(=O)O)CC3)c2)ncc1C(F)(F)F. The fraction of sp³-hybridized carbons (Fsp3) is 0.370. The lowest BCUT2D eigenvalue weighted by molar-refractivity contribution is -0.149. The van der Waals surface area contributed by atoms with Gasteiger partial charge in [0, 0.05) is 47.7 Å². The highest BCUT2D eigenvalue weighted by Crippen LogP contribution is 2.42. The van der Waals surface area contributed by atoms with E-state index < -0.39 is 33.1 Å². The number of nitrogens with one attached hydrogen (secondary N) is 1. The van der Waals surface area contributed by atoms with Crippen LogP contribution in [-0.2, 0) is 21.0 Å². The molecule has 3 heterocycles. The van der Waals surface area contributed by atoms with Crippen molar-refractivity contribution in [2.75, 3.05) is 22.7 Å². The monoisotopic (exact) mass is 612 g/mol. The molecular formula is C27H28ClF3N4O5S. The van der Waals surface area contributed by atoms with Crippen LogP contribution in [0.4, 0.5) is 24.8 Å². The standard InChI is InChI=1S/C27H28ClF3N4O5S/c1-16(2)40-22-5-4-17(28)12-20(22)19-14-23(33-15-21(19)27(29,30)31)34-41(38,39)18-6-9-32-24(13-18)35-10-7-26(3,8-11-35)25(36)37/h4-6,9,12-16H,7-8,10-11H2,1-3H3,(H,33,34)(H,36,37). The maximum atomic E-state index is 14.0. The first kappa shape index (κ1) is 30.4. The van der Waals surface area contributed by atoms with E-state index in [4.69, 9.17) is 16.3 Å². The number of ether oxygens (including phenoxy) is 1. The third-order valence-electron chi connectivity index (χ3n) is 6.78. The number of aliphatic carboxylic acids is 1. The van der Waals surface area contributed by atoms with Crippen LogP contribution in [0.1, 0.15) is 39.2 Å². The smallest absolute Gasteiger partial charge is 0.418 e. The van der Waals surface area contributed by atoms with Crippen molar-refractivity contribution in [1.82, 2.24) is 9.97 Å². The average molecular weight is 613 g/mol. The van der Waals surface area contributed by atoms with Crippen molar-refractivity contribution >= 4 is 39.2 Å². The van der Waals surface area contributed by atoms with Gasteiger partial charge in [0.2, 0.25) is 0 Å². The summed E-state index contributed by atoms with van der Waals surface area (Å²) in [5.41, 5.74) is -2.32. The fourth-order valence-electron chi connectivity index (χ4n) is 4.41. The Morgan fingerprint density at radius 2 is 1.80 bits per heavy atom. The molecule has 0 bridgehead atoms. The molecule has 220 valence electrons. The van der Waals surface area contributed by atoms with Gasteiger partial charge in [-0.25, -0.2) is 18.4 Å². The summed E-state index contributed by atoms with van der Waals surface area (Å²) in [6.45, 7) is 5.81. The number of carboxylic acids is 1. The summed E-state index contributed by atoms with van der Waals surface area (Å²) < 4.78 is 76.5. The molecule has 2 N–H and O–H groups in total. The summed E-state index contributed by atoms with van der Waals surface area (Å²) in [6, 6.07) is 7.78. The average Bonchev–Trinajstić information content (AvgIpc) is 2.89. The van der Waals surface area contributed by atoms with Gasteiger partial charge in [-0.2, -0.15) is 13.2 Å². The number of halogens is 4. The third-order valence-corrected chi connectivity index (χ3v) is 8.36. The van der Waals surface area contributed by atoms with Crippen LogP contribution >= 0.6 is 11.6 Å². The minimum absolute atomic E-state index is 0.0195. The van der Waals surface area contributed by atoms with Gasteiger partial charge in [0.15, 0.2) is 0 Å². The lowest BCUT2D eigenvalue weighted by atomic mass is 9.80. The Labute approximate surface area is 240 Å². The van der Waals surface area contributed by atoms with E-state index in [0.717, 1.165) is 6.07 Å². The molecule has 0 saturated carbocycles. The molecule has 0 radical (unpaired) electrons. The lowest BCUT2D eigenvalue weighted by Gasteiger charge is -2.37. The van der Waals surface area contributed by atoms with Gasteiger partial charge in [0.1, 0.15) is 17.4 Å². The van der Waals surface area contributed by atoms with Gasteiger partial charge >= 0.3 is 12.1 Å². The second kappa shape index (κ2) is 11.4. The molecule has 14 heteroatoms. The highest BCUT2D eigenvalue weighted by Gasteiger charge is 2.38. The number of aromatic nitrogens is 2. The number of hydrogen-bond donors (Lipinski definition) is 2. The number of pyridine rings is 2. The van der Waals surface area contributed by atoms with E-state index in [1.807, 2.05) is 0 Å². The topological polar surface area (TPSA) is 122 Å². The summed E-state index contributed by atoms with van der Waals surface area (Å²) >= 11 is 6.10. The Morgan fingerprint density at radius 3 is 2.41 bits per heavy atom. The zero-order valence-corrected chi connectivity index (χ0v) is 23.9. The highest BCUT2D eigenvalue weighted by molar-refractivity contribution is 7.92. The van der Waals surface area contributed by atoms with Gasteiger partial charge in [-0.3, -0.25) is 9.52 Å². The lowest BCUT2D eigenvalue weighted by Crippen LogP contribution is -2.43. The van der Waals surface area contributed by atoms with E-state index in [0.29, 0.717) is 37.9 Å². The Kier molecular flexibility index (Phi) is 8.42. The number of carboxylic acid groups (broad SMARTS) is 1. The van der Waals surface area contributed by atoms with E-state index >= 15 is 0 Å². The molecule has 1 aromatic carbocycles. The highest BCUT2D eigenvalue weighted by atomic mass is 35.5. The van der Waals surface area contributed by atoms with Crippen LogP contribution < -0.4 is 14.4 Å². The molecule has 2 aromatic heterocycles. The number of carbonyl (C=O) groups is 1. The van der Waals surface area contributed by atoms with Crippen molar-refractivity contribution in [3.8, 4) is 16.9 Å². The molecular weight excluding hydrogens is 585 g/mol. The third kappa shape index (κ3) is 6.84. The second-order valence-corrected chi connectivity index (χ2v) is 12.3. The van der Waals surface area contributed by atoms with Gasteiger partial charge < -0.3 is 14.7 Å². The summed E-state index contributed by atoms with van der Waals surface area (Å²) in [5.74, 6) is -0.781. The number of sulfonamides is 1. The number of hydrogen-bond acceptors (Lipinski definition) is 7. The molecule has 1 aliphatic rings. The minimum atomic E-state index is -4.80. The molecule has 4 rings (SSSR count). The van der Waals surface area contributed by atoms with Crippen LogP contribution in [0.15, 0.2) is 53.7 Å². The van der Waals surface area contributed by atoms with Gasteiger partial charge in [0.05, 0.1) is 22.0 Å². The zero-order valence-electron chi connectivity index (χ0n) is 22.4. The summed E-state index contributed by atoms with van der Waals surface area (Å²) in [6.07, 6.45) is -2.61. The molecule has 0 aliphatic carbocycles. The summed E-state index contributed by atoms with van der Waals surface area (Å²) in [7, 11) is -4.31. The zero-order chi connectivity index (χ0) is 30.2. The molecule has 41 heavy (non-hydrogen) atoms. The molecule has 3 aromatic rings. The minimum Gasteiger partial charge on any atom is -0.490 e. The van der Waals surface area contributed by atoms with Crippen LogP contribution in [0.2, 0.25) is 5.02 Å². The van der Waals surface area contributed by atoms with Crippen LogP contribution in [0.25, 0.3) is 11.1 Å². The molecule has 0 spiro atoms. The Hall–Kier alpha value is -3.58. The Bertz CT molecular complexity index is 1560. The molecule has 1 aliphatic heterocycles. The van der Waals surface area contributed by atoms with E-state index in [1.165, 1.54) is 36.5 Å². The summed E-state index contributed by atoms with van der Waals surface area (Å²) in [5, 5.41) is 9.62. The maximum Gasteiger partial charge on any atom is 0.418 e. The molecule has 1 fully saturated rings. The number of nitrogens with zero attached hydrogens (tertiary/aromatic N) is 3. The van der Waals surface area contributed by atoms with Crippen LogP contribution in [0.5, 0.6) is 5.75 Å². The fourth-order valence-corrected chi connectivity index (χ4v) is 5.59. The number of anilines is 2. The van der Waals surface area contributed by atoms with Crippen molar-refractivity contribution in [2.24, 2.45) is 5.41 Å². The number of alkyl halides is 3. The van der Waals surface area contributed by atoms with Crippen molar-refractivity contribution in [3.05, 3.63) is 59.4 Å². The quantitative estimate of drug-likeness (QED) is 0.313. The molecule has 1 saturated heterocycles. The second-order valence-electron chi connectivity index (χ2n) is 10.2. The maximum absolute atomic E-state index is 14.0. The molecule has 0 unspecified atom stereocenters. The Balaban J connectivity index is 1.67. The van der Waals surface area contributed by atoms with E-state index in [1.54, 1.807) is 25.7 Å². The predicted molar refractivity (Wildman–Crippen MR) is 148 cm³/mol. The number of rotatable bonds is 8. The van der Waals surface area contributed by atoms with Gasteiger partial charge in [-0.15, -0.1) is 0 Å². The van der Waals surface area contributed by atoms with Gasteiger partial charge in [-0.1, -0.05) is 11.6 Å². The van der Waals surface area contributed by atoms with Crippen LogP contribution in [0.3, 0.4) is 0 Å². The van der Waals surface area contributed by atoms with Gasteiger partial charge in [0.25, 0.3) is 10.0 Å². The first-order valence-corrected chi connectivity index (χ1v) is 14.5. The normalized spacial score (nSPS) is 15.6. The first-order chi connectivity index (χ1) is 19.1. The predicted octanol–water partition coefficient (Wildman–Crippen LogP) is 6.09. The molecule has 0 amide bonds. The summed E-state index contributed by atoms with van der Waals surface area (Å²) in [4.78, 5) is 21.1. The van der Waals surface area contributed by atoms with E-state index in [-0.39, 0.29) is 38.7 Å². The Morgan fingerprint density at radius 1 is 1.12 bits per heavy atom. The first-order valence-electron chi connectivity index (χ1n) is 12.6. The molecule has 9 nitrogen and oxygen atoms in total.